The van der Waals surface area contributed by atoms with E-state index in [0.717, 1.165) is 19.4 Å². The van der Waals surface area contributed by atoms with Gasteiger partial charge in [-0.3, -0.25) is 0 Å². The van der Waals surface area contributed by atoms with Gasteiger partial charge in [0.15, 0.2) is 0 Å². The van der Waals surface area contributed by atoms with Crippen molar-refractivity contribution in [3.05, 3.63) is 47.3 Å². The molecular weight excluding hydrogens is 198 g/mol. The fraction of sp³-hybridized carbons (Fsp3) is 0.385. The Morgan fingerprint density at radius 1 is 1.06 bits per heavy atom. The predicted octanol–water partition coefficient (Wildman–Crippen LogP) is 2.21. The van der Waals surface area contributed by atoms with Crippen molar-refractivity contribution in [2.24, 2.45) is 0 Å². The van der Waals surface area contributed by atoms with Crippen LogP contribution in [0.15, 0.2) is 30.3 Å². The second-order valence-corrected chi connectivity index (χ2v) is 4.33. The summed E-state index contributed by atoms with van der Waals surface area (Å²) >= 11 is 0. The van der Waals surface area contributed by atoms with E-state index >= 15 is 0 Å². The average Bonchev–Trinajstić information content (AvgIpc) is 2.74. The molecule has 82 valence electrons. The standard InChI is InChI=1S/C13H15N3/c1-2-6-11(7-3-1)10-16-13-9-5-4-8-12(13)14-15-16/h1-3,6-7H,4-5,8-10H2. The summed E-state index contributed by atoms with van der Waals surface area (Å²) in [5, 5.41) is 8.53. The van der Waals surface area contributed by atoms with E-state index in [-0.39, 0.29) is 0 Å². The molecule has 1 aliphatic carbocycles. The third-order valence-electron chi connectivity index (χ3n) is 3.17. The highest BCUT2D eigenvalue weighted by Crippen LogP contribution is 2.19. The Morgan fingerprint density at radius 3 is 2.75 bits per heavy atom. The van der Waals surface area contributed by atoms with Crippen LogP contribution >= 0.6 is 0 Å². The molecule has 0 amide bonds. The molecule has 0 spiro atoms. The van der Waals surface area contributed by atoms with Crippen molar-refractivity contribution in [1.82, 2.24) is 15.0 Å². The summed E-state index contributed by atoms with van der Waals surface area (Å²) < 4.78 is 2.06. The van der Waals surface area contributed by atoms with E-state index in [9.17, 15) is 0 Å². The fourth-order valence-corrected chi connectivity index (χ4v) is 2.30. The predicted molar refractivity (Wildman–Crippen MR) is 62.2 cm³/mol. The Labute approximate surface area is 95.1 Å². The van der Waals surface area contributed by atoms with Crippen LogP contribution in [0.3, 0.4) is 0 Å². The van der Waals surface area contributed by atoms with Crippen LogP contribution in [0, 0.1) is 0 Å². The first-order valence-corrected chi connectivity index (χ1v) is 5.88. The Balaban J connectivity index is 1.88. The van der Waals surface area contributed by atoms with Crippen molar-refractivity contribution >= 4 is 0 Å². The molecule has 0 fully saturated rings. The van der Waals surface area contributed by atoms with Crippen molar-refractivity contribution in [3.8, 4) is 0 Å². The summed E-state index contributed by atoms with van der Waals surface area (Å²) in [5.41, 5.74) is 3.85. The lowest BCUT2D eigenvalue weighted by atomic mass is 10.0. The van der Waals surface area contributed by atoms with Gasteiger partial charge in [-0.1, -0.05) is 35.5 Å². The van der Waals surface area contributed by atoms with Crippen molar-refractivity contribution in [2.75, 3.05) is 0 Å². The molecule has 3 heteroatoms. The van der Waals surface area contributed by atoms with E-state index in [1.54, 1.807) is 0 Å². The molecule has 0 aliphatic heterocycles. The Hall–Kier alpha value is -1.64. The molecule has 16 heavy (non-hydrogen) atoms. The Bertz CT molecular complexity index is 473. The molecule has 1 aromatic carbocycles. The number of fused-ring (bicyclic) bond motifs is 1. The molecule has 2 aromatic rings. The van der Waals surface area contributed by atoms with Crippen LogP contribution in [-0.4, -0.2) is 15.0 Å². The number of rotatable bonds is 2. The number of aromatic nitrogens is 3. The first kappa shape index (κ1) is 9.58. The van der Waals surface area contributed by atoms with Crippen molar-refractivity contribution < 1.29 is 0 Å². The summed E-state index contributed by atoms with van der Waals surface area (Å²) in [5.74, 6) is 0. The van der Waals surface area contributed by atoms with Gasteiger partial charge in [0.25, 0.3) is 0 Å². The van der Waals surface area contributed by atoms with Gasteiger partial charge < -0.3 is 0 Å². The van der Waals surface area contributed by atoms with Gasteiger partial charge in [0, 0.05) is 0 Å². The largest absolute Gasteiger partial charge is 0.245 e. The van der Waals surface area contributed by atoms with E-state index in [2.05, 4.69) is 39.3 Å². The van der Waals surface area contributed by atoms with E-state index < -0.39 is 0 Å². The summed E-state index contributed by atoms with van der Waals surface area (Å²) in [7, 11) is 0. The monoisotopic (exact) mass is 213 g/mol. The minimum absolute atomic E-state index is 0.850. The van der Waals surface area contributed by atoms with Crippen molar-refractivity contribution in [1.29, 1.82) is 0 Å². The zero-order valence-corrected chi connectivity index (χ0v) is 9.26. The topological polar surface area (TPSA) is 30.7 Å². The molecule has 1 heterocycles. The molecule has 1 aliphatic rings. The van der Waals surface area contributed by atoms with Crippen molar-refractivity contribution in [2.45, 2.75) is 32.2 Å². The Kier molecular flexibility index (Phi) is 2.44. The molecule has 0 saturated heterocycles. The maximum atomic E-state index is 4.27. The zero-order valence-electron chi connectivity index (χ0n) is 9.26. The third kappa shape index (κ3) is 1.73. The fourth-order valence-electron chi connectivity index (χ4n) is 2.30. The van der Waals surface area contributed by atoms with Gasteiger partial charge in [0.05, 0.1) is 17.9 Å². The third-order valence-corrected chi connectivity index (χ3v) is 3.17. The number of hydrogen-bond donors (Lipinski definition) is 0. The summed E-state index contributed by atoms with van der Waals surface area (Å²) in [6, 6.07) is 10.4. The molecule has 1 aromatic heterocycles. The van der Waals surface area contributed by atoms with Gasteiger partial charge in [-0.2, -0.15) is 0 Å². The minimum Gasteiger partial charge on any atom is -0.245 e. The second kappa shape index (κ2) is 4.08. The summed E-state index contributed by atoms with van der Waals surface area (Å²) in [4.78, 5) is 0. The van der Waals surface area contributed by atoms with E-state index in [4.69, 9.17) is 0 Å². The molecule has 0 bridgehead atoms. The lowest BCUT2D eigenvalue weighted by molar-refractivity contribution is 0.591. The van der Waals surface area contributed by atoms with Crippen LogP contribution < -0.4 is 0 Å². The van der Waals surface area contributed by atoms with Crippen LogP contribution in [-0.2, 0) is 19.4 Å². The zero-order chi connectivity index (χ0) is 10.8. The highest BCUT2D eigenvalue weighted by Gasteiger charge is 2.16. The number of aryl methyl sites for hydroxylation is 1. The number of benzene rings is 1. The van der Waals surface area contributed by atoms with E-state index in [1.165, 1.54) is 29.8 Å². The molecule has 0 N–H and O–H groups in total. The molecule has 0 saturated carbocycles. The summed E-state index contributed by atoms with van der Waals surface area (Å²) in [6.45, 7) is 0.850. The van der Waals surface area contributed by atoms with Gasteiger partial charge in [-0.25, -0.2) is 4.68 Å². The molecule has 0 unspecified atom stereocenters. The SMILES string of the molecule is c1ccc(Cn2nnc3c2CCCC3)cc1. The maximum absolute atomic E-state index is 4.27. The van der Waals surface area contributed by atoms with Crippen LogP contribution in [0.5, 0.6) is 0 Å². The smallest absolute Gasteiger partial charge is 0.0859 e. The van der Waals surface area contributed by atoms with Crippen LogP contribution in [0.4, 0.5) is 0 Å². The van der Waals surface area contributed by atoms with Gasteiger partial charge >= 0.3 is 0 Å². The molecule has 3 rings (SSSR count). The summed E-state index contributed by atoms with van der Waals surface area (Å²) in [6.07, 6.45) is 4.77. The van der Waals surface area contributed by atoms with Crippen LogP contribution in [0.25, 0.3) is 0 Å². The first-order chi connectivity index (χ1) is 7.93. The minimum atomic E-state index is 0.850. The molecule has 3 nitrogen and oxygen atoms in total. The van der Waals surface area contributed by atoms with Crippen LogP contribution in [0.1, 0.15) is 29.8 Å². The highest BCUT2D eigenvalue weighted by atomic mass is 15.4. The molecule has 0 radical (unpaired) electrons. The maximum Gasteiger partial charge on any atom is 0.0859 e. The van der Waals surface area contributed by atoms with Gasteiger partial charge in [0.2, 0.25) is 0 Å². The van der Waals surface area contributed by atoms with Gasteiger partial charge in [-0.05, 0) is 31.2 Å². The quantitative estimate of drug-likeness (QED) is 0.765. The first-order valence-electron chi connectivity index (χ1n) is 5.88. The van der Waals surface area contributed by atoms with E-state index in [1.807, 2.05) is 6.07 Å². The lowest BCUT2D eigenvalue weighted by Gasteiger charge is -2.11. The second-order valence-electron chi connectivity index (χ2n) is 4.33. The van der Waals surface area contributed by atoms with Crippen molar-refractivity contribution in [3.63, 3.8) is 0 Å². The molecular formula is C13H15N3. The Morgan fingerprint density at radius 2 is 1.88 bits per heavy atom. The lowest BCUT2D eigenvalue weighted by Crippen LogP contribution is -2.10. The van der Waals surface area contributed by atoms with Crippen LogP contribution in [0.2, 0.25) is 0 Å². The number of hydrogen-bond acceptors (Lipinski definition) is 2. The number of nitrogens with zero attached hydrogens (tertiary/aromatic N) is 3. The average molecular weight is 213 g/mol. The van der Waals surface area contributed by atoms with Gasteiger partial charge in [0.1, 0.15) is 0 Å². The highest BCUT2D eigenvalue weighted by molar-refractivity contribution is 5.18. The van der Waals surface area contributed by atoms with E-state index in [0.29, 0.717) is 0 Å². The normalized spacial score (nSPS) is 14.8. The molecule has 0 atom stereocenters. The van der Waals surface area contributed by atoms with Gasteiger partial charge in [-0.15, -0.1) is 5.10 Å².